The van der Waals surface area contributed by atoms with Gasteiger partial charge in [-0.05, 0) is 23.5 Å². The fourth-order valence-electron chi connectivity index (χ4n) is 3.97. The average Bonchev–Trinajstić information content (AvgIpc) is 3.31. The Morgan fingerprint density at radius 3 is 1.77 bits per heavy atom. The summed E-state index contributed by atoms with van der Waals surface area (Å²) < 4.78 is 0. The van der Waals surface area contributed by atoms with Crippen molar-refractivity contribution in [2.75, 3.05) is 0 Å². The molecule has 0 heterocycles. The minimum absolute atomic E-state index is 0.0591. The van der Waals surface area contributed by atoms with Crippen molar-refractivity contribution in [2.24, 2.45) is 5.41 Å². The summed E-state index contributed by atoms with van der Waals surface area (Å²) in [5.74, 6) is 0.451. The van der Waals surface area contributed by atoms with E-state index in [1.165, 1.54) is 0 Å². The average molecular weight is 290 g/mol. The van der Waals surface area contributed by atoms with Crippen LogP contribution in [0.4, 0.5) is 0 Å². The Morgan fingerprint density at radius 2 is 1.23 bits per heavy atom. The molecule has 110 valence electrons. The highest BCUT2D eigenvalue weighted by atomic mass is 16.2. The predicted molar refractivity (Wildman–Crippen MR) is 84.7 cm³/mol. The predicted octanol–water partition coefficient (Wildman–Crippen LogP) is 3.88. The molecule has 1 atom stereocenters. The Bertz CT molecular complexity index is 700. The molecule has 2 aromatic carbocycles. The zero-order valence-electron chi connectivity index (χ0n) is 12.4. The lowest BCUT2D eigenvalue weighted by atomic mass is 9.73. The van der Waals surface area contributed by atoms with Crippen LogP contribution in [0, 0.1) is 5.41 Å². The van der Waals surface area contributed by atoms with Crippen LogP contribution in [0.5, 0.6) is 0 Å². The normalized spacial score (nSPS) is 30.5. The quantitative estimate of drug-likeness (QED) is 0.787. The SMILES string of the molecule is O=C1CC(c2ccccc2)CC(=O)C12CC2c1ccccc1. The highest BCUT2D eigenvalue weighted by Crippen LogP contribution is 2.64. The summed E-state index contributed by atoms with van der Waals surface area (Å²) in [6.07, 6.45) is 1.70. The number of carbonyl (C=O) groups is 2. The lowest BCUT2D eigenvalue weighted by Crippen LogP contribution is -2.35. The van der Waals surface area contributed by atoms with Gasteiger partial charge in [0.05, 0.1) is 5.41 Å². The second-order valence-electron chi connectivity index (χ2n) is 6.50. The minimum atomic E-state index is -0.702. The zero-order chi connectivity index (χ0) is 15.2. The molecule has 2 fully saturated rings. The van der Waals surface area contributed by atoms with Crippen LogP contribution in [0.2, 0.25) is 0 Å². The first-order chi connectivity index (χ1) is 10.7. The molecule has 2 heteroatoms. The number of rotatable bonds is 2. The first kappa shape index (κ1) is 13.4. The van der Waals surface area contributed by atoms with Crippen molar-refractivity contribution in [1.29, 1.82) is 0 Å². The standard InChI is InChI=1S/C20H18O2/c21-18-11-16(14-7-3-1-4-8-14)12-19(22)20(18)13-17(20)15-9-5-2-6-10-15/h1-10,16-17H,11-13H2. The number of hydrogen-bond acceptors (Lipinski definition) is 2. The first-order valence-electron chi connectivity index (χ1n) is 7.88. The topological polar surface area (TPSA) is 34.1 Å². The van der Waals surface area contributed by atoms with Gasteiger partial charge in [-0.2, -0.15) is 0 Å². The van der Waals surface area contributed by atoms with Crippen molar-refractivity contribution in [3.8, 4) is 0 Å². The Balaban J connectivity index is 1.59. The van der Waals surface area contributed by atoms with E-state index in [4.69, 9.17) is 0 Å². The van der Waals surface area contributed by atoms with E-state index in [9.17, 15) is 9.59 Å². The van der Waals surface area contributed by atoms with Gasteiger partial charge in [0, 0.05) is 18.8 Å². The third-order valence-electron chi connectivity index (χ3n) is 5.29. The molecule has 0 aliphatic heterocycles. The molecule has 0 aromatic heterocycles. The Hall–Kier alpha value is -2.22. The van der Waals surface area contributed by atoms with Crippen LogP contribution in [-0.4, -0.2) is 11.6 Å². The van der Waals surface area contributed by atoms with E-state index in [0.29, 0.717) is 19.3 Å². The summed E-state index contributed by atoms with van der Waals surface area (Å²) in [5, 5.41) is 0. The van der Waals surface area contributed by atoms with E-state index in [1.54, 1.807) is 0 Å². The van der Waals surface area contributed by atoms with Crippen LogP contribution >= 0.6 is 0 Å². The van der Waals surface area contributed by atoms with Crippen LogP contribution in [-0.2, 0) is 9.59 Å². The molecule has 0 radical (unpaired) electrons. The lowest BCUT2D eigenvalue weighted by molar-refractivity contribution is -0.138. The van der Waals surface area contributed by atoms with Gasteiger partial charge in [-0.3, -0.25) is 9.59 Å². The van der Waals surface area contributed by atoms with Crippen LogP contribution in [0.25, 0.3) is 0 Å². The van der Waals surface area contributed by atoms with Crippen LogP contribution in [0.1, 0.15) is 42.2 Å². The van der Waals surface area contributed by atoms with Gasteiger partial charge in [0.2, 0.25) is 0 Å². The third kappa shape index (κ3) is 1.94. The van der Waals surface area contributed by atoms with Gasteiger partial charge in [-0.15, -0.1) is 0 Å². The second kappa shape index (κ2) is 4.91. The van der Waals surface area contributed by atoms with Crippen LogP contribution in [0.15, 0.2) is 60.7 Å². The van der Waals surface area contributed by atoms with Crippen molar-refractivity contribution in [2.45, 2.75) is 31.1 Å². The molecule has 22 heavy (non-hydrogen) atoms. The van der Waals surface area contributed by atoms with E-state index in [2.05, 4.69) is 0 Å². The first-order valence-corrected chi connectivity index (χ1v) is 7.88. The Kier molecular flexibility index (Phi) is 3.00. The van der Waals surface area contributed by atoms with Crippen molar-refractivity contribution < 1.29 is 9.59 Å². The maximum absolute atomic E-state index is 12.7. The van der Waals surface area contributed by atoms with Gasteiger partial charge >= 0.3 is 0 Å². The monoisotopic (exact) mass is 290 g/mol. The molecule has 2 nitrogen and oxygen atoms in total. The van der Waals surface area contributed by atoms with Crippen molar-refractivity contribution in [1.82, 2.24) is 0 Å². The highest BCUT2D eigenvalue weighted by molar-refractivity contribution is 6.13. The van der Waals surface area contributed by atoms with E-state index in [1.807, 2.05) is 60.7 Å². The van der Waals surface area contributed by atoms with Gasteiger partial charge in [0.15, 0.2) is 0 Å². The molecule has 0 N–H and O–H groups in total. The summed E-state index contributed by atoms with van der Waals surface area (Å²) in [6.45, 7) is 0. The van der Waals surface area contributed by atoms with Gasteiger partial charge < -0.3 is 0 Å². The minimum Gasteiger partial charge on any atom is -0.299 e. The molecule has 0 saturated heterocycles. The molecule has 4 rings (SSSR count). The van der Waals surface area contributed by atoms with Gasteiger partial charge in [0.1, 0.15) is 11.6 Å². The molecule has 0 amide bonds. The number of benzene rings is 2. The highest BCUT2D eigenvalue weighted by Gasteiger charge is 2.66. The van der Waals surface area contributed by atoms with Crippen LogP contribution < -0.4 is 0 Å². The van der Waals surface area contributed by atoms with Crippen LogP contribution in [0.3, 0.4) is 0 Å². The molecular weight excluding hydrogens is 272 g/mol. The fourth-order valence-corrected chi connectivity index (χ4v) is 3.97. The maximum Gasteiger partial charge on any atom is 0.147 e. The third-order valence-corrected chi connectivity index (χ3v) is 5.29. The summed E-state index contributed by atoms with van der Waals surface area (Å²) in [7, 11) is 0. The second-order valence-corrected chi connectivity index (χ2v) is 6.50. The number of hydrogen-bond donors (Lipinski definition) is 0. The van der Waals surface area contributed by atoms with Crippen molar-refractivity contribution in [3.05, 3.63) is 71.8 Å². The van der Waals surface area contributed by atoms with Crippen molar-refractivity contribution in [3.63, 3.8) is 0 Å². The van der Waals surface area contributed by atoms with Crippen molar-refractivity contribution >= 4 is 11.6 Å². The number of ketones is 2. The smallest absolute Gasteiger partial charge is 0.147 e. The summed E-state index contributed by atoms with van der Waals surface area (Å²) in [5.41, 5.74) is 1.53. The van der Waals surface area contributed by atoms with E-state index >= 15 is 0 Å². The Labute approximate surface area is 130 Å². The molecule has 2 aromatic rings. The molecule has 1 unspecified atom stereocenters. The van der Waals surface area contributed by atoms with Gasteiger partial charge in [0.25, 0.3) is 0 Å². The zero-order valence-corrected chi connectivity index (χ0v) is 12.4. The lowest BCUT2D eigenvalue weighted by Gasteiger charge is -2.27. The van der Waals surface area contributed by atoms with Gasteiger partial charge in [-0.1, -0.05) is 60.7 Å². The van der Waals surface area contributed by atoms with E-state index in [-0.39, 0.29) is 23.4 Å². The van der Waals surface area contributed by atoms with Gasteiger partial charge in [-0.25, -0.2) is 0 Å². The largest absolute Gasteiger partial charge is 0.299 e. The molecule has 2 aliphatic carbocycles. The maximum atomic E-state index is 12.7. The molecule has 0 bridgehead atoms. The molecule has 1 spiro atoms. The fraction of sp³-hybridized carbons (Fsp3) is 0.300. The van der Waals surface area contributed by atoms with E-state index in [0.717, 1.165) is 11.1 Å². The molecular formula is C20H18O2. The Morgan fingerprint density at radius 1 is 0.727 bits per heavy atom. The summed E-state index contributed by atoms with van der Waals surface area (Å²) >= 11 is 0. The van der Waals surface area contributed by atoms with E-state index < -0.39 is 5.41 Å². The number of Topliss-reactive ketones (excluding diaryl/α,β-unsaturated/α-hetero) is 2. The molecule has 2 aliphatic rings. The molecule has 2 saturated carbocycles. The summed E-state index contributed by atoms with van der Waals surface area (Å²) in [4.78, 5) is 25.5. The number of carbonyl (C=O) groups excluding carboxylic acids is 2. The summed E-state index contributed by atoms with van der Waals surface area (Å²) in [6, 6.07) is 19.9.